The lowest BCUT2D eigenvalue weighted by atomic mass is 10.2. The number of nitrogens with one attached hydrogen (secondary N) is 1. The van der Waals surface area contributed by atoms with Crippen LogP contribution in [-0.2, 0) is 13.1 Å². The summed E-state index contributed by atoms with van der Waals surface area (Å²) in [7, 11) is 1.76. The van der Waals surface area contributed by atoms with E-state index >= 15 is 0 Å². The van der Waals surface area contributed by atoms with E-state index in [-0.39, 0.29) is 24.3 Å². The average molecular weight is 351 g/mol. The number of aromatic nitrogens is 2. The number of hydrogen-bond donors (Lipinski definition) is 2. The molecule has 0 amide bonds. The molecule has 0 bridgehead atoms. The molecular weight excluding hydrogens is 332 g/mol. The first-order valence-electron chi connectivity index (χ1n) is 7.45. The summed E-state index contributed by atoms with van der Waals surface area (Å²) in [5.74, 6) is 0.0927. The molecule has 0 aliphatic carbocycles. The predicted molar refractivity (Wildman–Crippen MR) is 93.9 cm³/mol. The molecule has 2 aromatic rings. The Kier molecular flexibility index (Phi) is 6.34. The van der Waals surface area contributed by atoms with Crippen LogP contribution in [-0.4, -0.2) is 38.5 Å². The second-order valence-electron chi connectivity index (χ2n) is 5.25. The van der Waals surface area contributed by atoms with Crippen molar-refractivity contribution in [2.75, 3.05) is 13.7 Å². The van der Waals surface area contributed by atoms with Crippen molar-refractivity contribution >= 4 is 22.7 Å². The molecule has 24 heavy (non-hydrogen) atoms. The van der Waals surface area contributed by atoms with E-state index in [4.69, 9.17) is 16.7 Å². The maximum absolute atomic E-state index is 11.9. The Balaban J connectivity index is 2.17. The van der Waals surface area contributed by atoms with Gasteiger partial charge in [0.05, 0.1) is 0 Å². The second-order valence-corrected chi connectivity index (χ2v) is 5.59. The zero-order valence-electron chi connectivity index (χ0n) is 13.3. The van der Waals surface area contributed by atoms with E-state index in [1.54, 1.807) is 11.9 Å². The van der Waals surface area contributed by atoms with Gasteiger partial charge < -0.3 is 10.0 Å². The molecule has 0 aliphatic rings. The van der Waals surface area contributed by atoms with Crippen LogP contribution < -0.4 is 11.2 Å². The molecule has 0 atom stereocenters. The largest absolute Gasteiger partial charge is 0.396 e. The molecule has 1 aromatic heterocycles. The molecule has 0 spiro atoms. The Hall–Kier alpha value is -2.38. The van der Waals surface area contributed by atoms with Gasteiger partial charge in [-0.3, -0.25) is 14.3 Å². The number of aliphatic hydroxyl groups excluding tert-OH is 1. The number of rotatable bonds is 6. The lowest BCUT2D eigenvalue weighted by Gasteiger charge is -2.16. The van der Waals surface area contributed by atoms with Gasteiger partial charge in [-0.05, 0) is 23.6 Å². The van der Waals surface area contributed by atoms with E-state index in [9.17, 15) is 9.59 Å². The SMILES string of the molecule is CN(Cc1ccccc1)C(Cl)=Nc1cc(=O)n(CCCO)c(=O)[nH]1. The number of H-pyrrole nitrogens is 1. The Morgan fingerprint density at radius 1 is 1.33 bits per heavy atom. The molecule has 0 aliphatic heterocycles. The number of amidine groups is 1. The van der Waals surface area contributed by atoms with Gasteiger partial charge in [-0.1, -0.05) is 30.3 Å². The standard InChI is InChI=1S/C16H19ClN4O3/c1-20(11-12-6-3-2-4-7-12)15(17)18-13-10-14(23)21(8-5-9-22)16(24)19-13/h2-4,6-7,10,22H,5,8-9,11H2,1H3,(H,19,24). The first-order valence-corrected chi connectivity index (χ1v) is 7.83. The highest BCUT2D eigenvalue weighted by Gasteiger charge is 2.07. The van der Waals surface area contributed by atoms with Crippen LogP contribution in [0.5, 0.6) is 0 Å². The van der Waals surface area contributed by atoms with Crippen LogP contribution in [0.25, 0.3) is 0 Å². The van der Waals surface area contributed by atoms with E-state index in [1.165, 1.54) is 6.07 Å². The second kappa shape index (κ2) is 8.47. The minimum Gasteiger partial charge on any atom is -0.396 e. The van der Waals surface area contributed by atoms with Gasteiger partial charge >= 0.3 is 5.69 Å². The monoisotopic (exact) mass is 350 g/mol. The summed E-state index contributed by atoms with van der Waals surface area (Å²) in [6, 6.07) is 10.9. The molecule has 0 saturated heterocycles. The minimum absolute atomic E-state index is 0.0927. The van der Waals surface area contributed by atoms with Gasteiger partial charge in [-0.2, -0.15) is 0 Å². The van der Waals surface area contributed by atoms with Crippen molar-refractivity contribution in [3.8, 4) is 0 Å². The third kappa shape index (κ3) is 4.81. The van der Waals surface area contributed by atoms with E-state index in [1.807, 2.05) is 30.3 Å². The van der Waals surface area contributed by atoms with Crippen LogP contribution in [0.1, 0.15) is 12.0 Å². The number of benzene rings is 1. The molecule has 7 nitrogen and oxygen atoms in total. The summed E-state index contributed by atoms with van der Waals surface area (Å²) in [4.78, 5) is 32.1. The Labute approximate surface area is 143 Å². The quantitative estimate of drug-likeness (QED) is 0.466. The Morgan fingerprint density at radius 3 is 2.67 bits per heavy atom. The molecule has 8 heteroatoms. The van der Waals surface area contributed by atoms with Crippen LogP contribution >= 0.6 is 11.6 Å². The van der Waals surface area contributed by atoms with Crippen LogP contribution in [0.3, 0.4) is 0 Å². The van der Waals surface area contributed by atoms with E-state index in [2.05, 4.69) is 9.98 Å². The molecule has 0 saturated carbocycles. The summed E-state index contributed by atoms with van der Waals surface area (Å²) in [6.45, 7) is 0.596. The number of hydrogen-bond acceptors (Lipinski definition) is 4. The van der Waals surface area contributed by atoms with Crippen molar-refractivity contribution in [1.29, 1.82) is 0 Å². The lowest BCUT2D eigenvalue weighted by molar-refractivity contribution is 0.278. The normalized spacial score (nSPS) is 11.5. The fourth-order valence-corrected chi connectivity index (χ4v) is 2.27. The van der Waals surface area contributed by atoms with Gasteiger partial charge in [0.15, 0.2) is 0 Å². The van der Waals surface area contributed by atoms with Crippen molar-refractivity contribution in [2.24, 2.45) is 4.99 Å². The molecule has 1 heterocycles. The lowest BCUT2D eigenvalue weighted by Crippen LogP contribution is -2.34. The van der Waals surface area contributed by atoms with Crippen molar-refractivity contribution in [2.45, 2.75) is 19.5 Å². The Morgan fingerprint density at radius 2 is 2.04 bits per heavy atom. The highest BCUT2D eigenvalue weighted by atomic mass is 35.5. The number of nitrogens with zero attached hydrogens (tertiary/aromatic N) is 3. The highest BCUT2D eigenvalue weighted by Crippen LogP contribution is 2.09. The van der Waals surface area contributed by atoms with Gasteiger partial charge in [0.1, 0.15) is 5.82 Å². The molecular formula is C16H19ClN4O3. The van der Waals surface area contributed by atoms with Crippen molar-refractivity contribution < 1.29 is 5.11 Å². The first-order chi connectivity index (χ1) is 11.5. The van der Waals surface area contributed by atoms with Crippen LogP contribution in [0, 0.1) is 0 Å². The van der Waals surface area contributed by atoms with E-state index < -0.39 is 11.2 Å². The fraction of sp³-hybridized carbons (Fsp3) is 0.312. The minimum atomic E-state index is -0.579. The highest BCUT2D eigenvalue weighted by molar-refractivity contribution is 6.64. The summed E-state index contributed by atoms with van der Waals surface area (Å²) in [6.07, 6.45) is 0.326. The van der Waals surface area contributed by atoms with Crippen molar-refractivity contribution in [1.82, 2.24) is 14.5 Å². The maximum atomic E-state index is 11.9. The van der Waals surface area contributed by atoms with E-state index in [0.29, 0.717) is 13.0 Å². The van der Waals surface area contributed by atoms with Crippen LogP contribution in [0.2, 0.25) is 0 Å². The third-order valence-electron chi connectivity index (χ3n) is 3.34. The van der Waals surface area contributed by atoms with Gasteiger partial charge in [0, 0.05) is 32.8 Å². The molecule has 2 N–H and O–H groups in total. The molecule has 0 unspecified atom stereocenters. The zero-order valence-corrected chi connectivity index (χ0v) is 14.0. The molecule has 0 fully saturated rings. The molecule has 2 rings (SSSR count). The number of aliphatic hydroxyl groups is 1. The summed E-state index contributed by atoms with van der Waals surface area (Å²) < 4.78 is 1.01. The van der Waals surface area contributed by atoms with Crippen molar-refractivity contribution in [3.63, 3.8) is 0 Å². The summed E-state index contributed by atoms with van der Waals surface area (Å²) >= 11 is 6.16. The smallest absolute Gasteiger partial charge is 0.329 e. The van der Waals surface area contributed by atoms with Gasteiger partial charge in [0.25, 0.3) is 5.56 Å². The maximum Gasteiger partial charge on any atom is 0.329 e. The zero-order chi connectivity index (χ0) is 17.5. The summed E-state index contributed by atoms with van der Waals surface area (Å²) in [5, 5.41) is 8.95. The third-order valence-corrected chi connectivity index (χ3v) is 3.71. The number of halogens is 1. The predicted octanol–water partition coefficient (Wildman–Crippen LogP) is 1.28. The fourth-order valence-electron chi connectivity index (χ4n) is 2.12. The number of aliphatic imine (C=N–C) groups is 1. The summed E-state index contributed by atoms with van der Waals surface area (Å²) in [5.41, 5.74) is -0.00716. The van der Waals surface area contributed by atoms with Gasteiger partial charge in [-0.25, -0.2) is 9.79 Å². The Bertz CT molecular complexity index is 783. The van der Waals surface area contributed by atoms with Gasteiger partial charge in [0.2, 0.25) is 5.29 Å². The average Bonchev–Trinajstić information content (AvgIpc) is 2.55. The van der Waals surface area contributed by atoms with Crippen LogP contribution in [0.15, 0.2) is 51.0 Å². The van der Waals surface area contributed by atoms with Crippen LogP contribution in [0.4, 0.5) is 5.82 Å². The molecule has 0 radical (unpaired) electrons. The van der Waals surface area contributed by atoms with E-state index in [0.717, 1.165) is 10.1 Å². The number of aromatic amines is 1. The molecule has 128 valence electrons. The first kappa shape index (κ1) is 18.0. The van der Waals surface area contributed by atoms with Crippen molar-refractivity contribution in [3.05, 3.63) is 62.8 Å². The van der Waals surface area contributed by atoms with Gasteiger partial charge in [-0.15, -0.1) is 0 Å². The molecule has 1 aromatic carbocycles. The topological polar surface area (TPSA) is 90.7 Å².